The van der Waals surface area contributed by atoms with E-state index in [4.69, 9.17) is 0 Å². The summed E-state index contributed by atoms with van der Waals surface area (Å²) in [6.07, 6.45) is 3.05. The number of aryl methyl sites for hydroxylation is 1. The Balaban J connectivity index is 2.44. The highest BCUT2D eigenvalue weighted by molar-refractivity contribution is 5.96. The average Bonchev–Trinajstić information content (AvgIpc) is 2.38. The van der Waals surface area contributed by atoms with Gasteiger partial charge in [-0.2, -0.15) is 0 Å². The molecule has 0 saturated carbocycles. The summed E-state index contributed by atoms with van der Waals surface area (Å²) < 4.78 is 0. The van der Waals surface area contributed by atoms with Crippen molar-refractivity contribution in [3.63, 3.8) is 0 Å². The van der Waals surface area contributed by atoms with Crippen LogP contribution in [0.25, 0.3) is 0 Å². The lowest BCUT2D eigenvalue weighted by Gasteiger charge is -2.19. The number of Topliss-reactive ketones (excluding diaryl/α,β-unsaturated/α-hetero) is 1. The Morgan fingerprint density at radius 2 is 2.00 bits per heavy atom. The molecule has 2 heteroatoms. The highest BCUT2D eigenvalue weighted by atomic mass is 16.1. The average molecular weight is 247 g/mol. The summed E-state index contributed by atoms with van der Waals surface area (Å²) in [4.78, 5) is 14.4. The predicted octanol–water partition coefficient (Wildman–Crippen LogP) is 3.69. The molecule has 1 aromatic rings. The maximum atomic E-state index is 12.1. The van der Waals surface area contributed by atoms with Crippen LogP contribution in [0.1, 0.15) is 49.0 Å². The SMILES string of the molecule is CCCCN(CC)CCC(=O)c1cccc(C)c1. The Morgan fingerprint density at radius 3 is 2.61 bits per heavy atom. The van der Waals surface area contributed by atoms with Crippen LogP contribution in [0.3, 0.4) is 0 Å². The van der Waals surface area contributed by atoms with Gasteiger partial charge in [-0.05, 0) is 32.5 Å². The van der Waals surface area contributed by atoms with Gasteiger partial charge in [-0.1, -0.05) is 44.0 Å². The lowest BCUT2D eigenvalue weighted by molar-refractivity contribution is 0.0965. The molecule has 0 bridgehead atoms. The Hall–Kier alpha value is -1.15. The Labute approximate surface area is 111 Å². The maximum Gasteiger partial charge on any atom is 0.164 e. The zero-order valence-electron chi connectivity index (χ0n) is 11.9. The van der Waals surface area contributed by atoms with Crippen molar-refractivity contribution in [3.8, 4) is 0 Å². The molecule has 0 aliphatic heterocycles. The summed E-state index contributed by atoms with van der Waals surface area (Å²) >= 11 is 0. The highest BCUT2D eigenvalue weighted by Crippen LogP contribution is 2.08. The number of rotatable bonds is 8. The number of hydrogen-bond acceptors (Lipinski definition) is 2. The predicted molar refractivity (Wildman–Crippen MR) is 77.1 cm³/mol. The quantitative estimate of drug-likeness (QED) is 0.653. The molecule has 0 radical (unpaired) electrons. The molecule has 0 spiro atoms. The molecule has 2 nitrogen and oxygen atoms in total. The Morgan fingerprint density at radius 1 is 1.22 bits per heavy atom. The molecule has 1 aromatic carbocycles. The lowest BCUT2D eigenvalue weighted by Crippen LogP contribution is -2.27. The number of carbonyl (C=O) groups excluding carboxylic acids is 1. The topological polar surface area (TPSA) is 20.3 Å². The first-order valence-corrected chi connectivity index (χ1v) is 6.99. The monoisotopic (exact) mass is 247 g/mol. The molecule has 0 aliphatic rings. The first-order valence-electron chi connectivity index (χ1n) is 6.99. The third-order valence-electron chi connectivity index (χ3n) is 3.27. The van der Waals surface area contributed by atoms with Gasteiger partial charge in [0.1, 0.15) is 0 Å². The standard InChI is InChI=1S/C16H25NO/c1-4-6-11-17(5-2)12-10-16(18)15-9-7-8-14(3)13-15/h7-9,13H,4-6,10-12H2,1-3H3. The minimum absolute atomic E-state index is 0.258. The fraction of sp³-hybridized carbons (Fsp3) is 0.562. The number of carbonyl (C=O) groups is 1. The van der Waals surface area contributed by atoms with Crippen LogP contribution < -0.4 is 0 Å². The van der Waals surface area contributed by atoms with Crippen LogP contribution in [0.2, 0.25) is 0 Å². The fourth-order valence-corrected chi connectivity index (χ4v) is 2.03. The largest absolute Gasteiger partial charge is 0.303 e. The van der Waals surface area contributed by atoms with E-state index in [-0.39, 0.29) is 5.78 Å². The third-order valence-corrected chi connectivity index (χ3v) is 3.27. The van der Waals surface area contributed by atoms with Gasteiger partial charge in [-0.15, -0.1) is 0 Å². The molecular formula is C16H25NO. The van der Waals surface area contributed by atoms with Gasteiger partial charge in [-0.3, -0.25) is 4.79 Å². The molecular weight excluding hydrogens is 222 g/mol. The summed E-state index contributed by atoms with van der Waals surface area (Å²) in [5.41, 5.74) is 2.00. The lowest BCUT2D eigenvalue weighted by atomic mass is 10.1. The fourth-order valence-electron chi connectivity index (χ4n) is 2.03. The van der Waals surface area contributed by atoms with E-state index in [0.29, 0.717) is 6.42 Å². The van der Waals surface area contributed by atoms with Crippen LogP contribution in [0.4, 0.5) is 0 Å². The molecule has 0 unspecified atom stereocenters. The number of hydrogen-bond donors (Lipinski definition) is 0. The molecule has 0 atom stereocenters. The summed E-state index contributed by atoms with van der Waals surface area (Å²) in [5, 5.41) is 0. The summed E-state index contributed by atoms with van der Waals surface area (Å²) in [7, 11) is 0. The normalized spacial score (nSPS) is 10.9. The molecule has 100 valence electrons. The van der Waals surface area contributed by atoms with Gasteiger partial charge in [0.05, 0.1) is 0 Å². The van der Waals surface area contributed by atoms with Crippen LogP contribution >= 0.6 is 0 Å². The van der Waals surface area contributed by atoms with Crippen molar-refractivity contribution in [2.24, 2.45) is 0 Å². The van der Waals surface area contributed by atoms with Crippen molar-refractivity contribution >= 4 is 5.78 Å². The molecule has 0 aromatic heterocycles. The van der Waals surface area contributed by atoms with Crippen LogP contribution in [-0.2, 0) is 0 Å². The van der Waals surface area contributed by atoms with Crippen molar-refractivity contribution in [1.29, 1.82) is 0 Å². The molecule has 0 amide bonds. The van der Waals surface area contributed by atoms with Gasteiger partial charge < -0.3 is 4.90 Å². The van der Waals surface area contributed by atoms with Crippen molar-refractivity contribution in [2.75, 3.05) is 19.6 Å². The van der Waals surface area contributed by atoms with Crippen molar-refractivity contribution < 1.29 is 4.79 Å². The van der Waals surface area contributed by atoms with Gasteiger partial charge >= 0.3 is 0 Å². The number of unbranched alkanes of at least 4 members (excludes halogenated alkanes) is 1. The van der Waals surface area contributed by atoms with Gasteiger partial charge in [0.15, 0.2) is 5.78 Å². The van der Waals surface area contributed by atoms with E-state index >= 15 is 0 Å². The van der Waals surface area contributed by atoms with E-state index in [9.17, 15) is 4.79 Å². The summed E-state index contributed by atoms with van der Waals surface area (Å²) in [6, 6.07) is 7.87. The molecule has 0 fully saturated rings. The molecule has 0 N–H and O–H groups in total. The van der Waals surface area contributed by atoms with Gasteiger partial charge in [0, 0.05) is 18.5 Å². The number of nitrogens with zero attached hydrogens (tertiary/aromatic N) is 1. The van der Waals surface area contributed by atoms with Gasteiger partial charge in [-0.25, -0.2) is 0 Å². The first-order chi connectivity index (χ1) is 8.67. The third kappa shape index (κ3) is 5.01. The van der Waals surface area contributed by atoms with E-state index in [0.717, 1.165) is 30.8 Å². The van der Waals surface area contributed by atoms with E-state index < -0.39 is 0 Å². The van der Waals surface area contributed by atoms with E-state index in [1.165, 1.54) is 12.8 Å². The second kappa shape index (κ2) is 8.04. The zero-order valence-corrected chi connectivity index (χ0v) is 11.9. The highest BCUT2D eigenvalue weighted by Gasteiger charge is 2.08. The second-order valence-electron chi connectivity index (χ2n) is 4.83. The van der Waals surface area contributed by atoms with Crippen molar-refractivity contribution in [3.05, 3.63) is 35.4 Å². The van der Waals surface area contributed by atoms with Crippen molar-refractivity contribution in [2.45, 2.75) is 40.0 Å². The first kappa shape index (κ1) is 14.9. The zero-order chi connectivity index (χ0) is 13.4. The van der Waals surface area contributed by atoms with Crippen LogP contribution in [0.5, 0.6) is 0 Å². The maximum absolute atomic E-state index is 12.1. The summed E-state index contributed by atoms with van der Waals surface area (Å²) in [5.74, 6) is 0.258. The molecule has 0 heterocycles. The molecule has 18 heavy (non-hydrogen) atoms. The van der Waals surface area contributed by atoms with Crippen LogP contribution in [-0.4, -0.2) is 30.3 Å². The van der Waals surface area contributed by atoms with Crippen molar-refractivity contribution in [1.82, 2.24) is 4.90 Å². The van der Waals surface area contributed by atoms with E-state index in [2.05, 4.69) is 18.7 Å². The minimum Gasteiger partial charge on any atom is -0.303 e. The molecule has 0 saturated heterocycles. The molecule has 0 aliphatic carbocycles. The molecule has 1 rings (SSSR count). The van der Waals surface area contributed by atoms with Gasteiger partial charge in [0.2, 0.25) is 0 Å². The second-order valence-corrected chi connectivity index (χ2v) is 4.83. The van der Waals surface area contributed by atoms with Crippen LogP contribution in [0.15, 0.2) is 24.3 Å². The summed E-state index contributed by atoms with van der Waals surface area (Å²) in [6.45, 7) is 9.40. The smallest absolute Gasteiger partial charge is 0.164 e. The number of ketones is 1. The van der Waals surface area contributed by atoms with E-state index in [1.54, 1.807) is 0 Å². The van der Waals surface area contributed by atoms with E-state index in [1.807, 2.05) is 31.2 Å². The minimum atomic E-state index is 0.258. The van der Waals surface area contributed by atoms with Gasteiger partial charge in [0.25, 0.3) is 0 Å². The van der Waals surface area contributed by atoms with Crippen LogP contribution in [0, 0.1) is 6.92 Å². The number of benzene rings is 1. The Bertz CT molecular complexity index is 373. The Kier molecular flexibility index (Phi) is 6.66.